The summed E-state index contributed by atoms with van der Waals surface area (Å²) in [6.07, 6.45) is -4.20. The van der Waals surface area contributed by atoms with Gasteiger partial charge in [-0.05, 0) is 36.6 Å². The van der Waals surface area contributed by atoms with E-state index >= 15 is 0 Å². The minimum atomic E-state index is -5.08. The first kappa shape index (κ1) is 22.9. The van der Waals surface area contributed by atoms with Crippen molar-refractivity contribution < 1.29 is 37.8 Å². The minimum Gasteiger partial charge on any atom is -0.505 e. The molecule has 0 aliphatic carbocycles. The van der Waals surface area contributed by atoms with E-state index in [1.807, 2.05) is 24.3 Å². The van der Waals surface area contributed by atoms with Crippen LogP contribution in [0.1, 0.15) is 34.5 Å². The zero-order chi connectivity index (χ0) is 22.5. The first-order valence-corrected chi connectivity index (χ1v) is 8.77. The summed E-state index contributed by atoms with van der Waals surface area (Å²) >= 11 is 0. The Kier molecular flexibility index (Phi) is 7.17. The maximum atomic E-state index is 12.6. The smallest absolute Gasteiger partial charge is 0.490 e. The minimum absolute atomic E-state index is 0.194. The van der Waals surface area contributed by atoms with Gasteiger partial charge in [0.25, 0.3) is 0 Å². The van der Waals surface area contributed by atoms with E-state index < -0.39 is 18.2 Å². The molecule has 4 N–H and O–H groups in total. The zero-order valence-corrected chi connectivity index (χ0v) is 15.8. The van der Waals surface area contributed by atoms with E-state index in [0.717, 1.165) is 17.5 Å². The van der Waals surface area contributed by atoms with Crippen LogP contribution in [0.25, 0.3) is 0 Å². The van der Waals surface area contributed by atoms with Crippen molar-refractivity contribution in [3.63, 3.8) is 0 Å². The van der Waals surface area contributed by atoms with Crippen LogP contribution in [0.2, 0.25) is 0 Å². The summed E-state index contributed by atoms with van der Waals surface area (Å²) in [6, 6.07) is 12.1. The number of carbonyl (C=O) groups excluding carboxylic acids is 2. The highest BCUT2D eigenvalue weighted by molar-refractivity contribution is 6.02. The van der Waals surface area contributed by atoms with Crippen molar-refractivity contribution in [2.24, 2.45) is 0 Å². The number of phenolic OH excluding ortho intramolecular Hbond substituents is 1. The second-order valence-electron chi connectivity index (χ2n) is 6.39. The number of alkyl halides is 3. The Balaban J connectivity index is 0.000000396. The number of phenols is 1. The molecular weight excluding hydrogens is 405 g/mol. The average molecular weight is 424 g/mol. The highest BCUT2D eigenvalue weighted by atomic mass is 19.4. The molecule has 0 fully saturated rings. The molecule has 1 aliphatic heterocycles. The number of hydrogen-bond donors (Lipinski definition) is 4. The first-order chi connectivity index (χ1) is 14.0. The van der Waals surface area contributed by atoms with Gasteiger partial charge in [-0.2, -0.15) is 13.2 Å². The largest absolute Gasteiger partial charge is 0.505 e. The van der Waals surface area contributed by atoms with Crippen LogP contribution in [-0.4, -0.2) is 40.6 Å². The van der Waals surface area contributed by atoms with Gasteiger partial charge in [-0.25, -0.2) is 4.79 Å². The van der Waals surface area contributed by atoms with Gasteiger partial charge in [0.2, 0.25) is 5.91 Å². The summed E-state index contributed by atoms with van der Waals surface area (Å²) < 4.78 is 31.7. The number of rotatable bonds is 3. The fraction of sp³-hybridized carbons (Fsp3) is 0.250. The molecule has 30 heavy (non-hydrogen) atoms. The lowest BCUT2D eigenvalue weighted by molar-refractivity contribution is -0.192. The Morgan fingerprint density at radius 2 is 1.73 bits per heavy atom. The number of carbonyl (C=O) groups is 3. The third kappa shape index (κ3) is 5.57. The fourth-order valence-corrected chi connectivity index (χ4v) is 2.87. The number of Topliss-reactive ketones (excluding diaryl/α,β-unsaturated/α-hetero) is 1. The molecule has 1 heterocycles. The number of amides is 1. The number of nitrogens with one attached hydrogen (secondary N) is 2. The molecule has 1 aliphatic rings. The fourth-order valence-electron chi connectivity index (χ4n) is 2.87. The molecule has 2 aromatic carbocycles. The first-order valence-electron chi connectivity index (χ1n) is 8.77. The number of fused-ring (bicyclic) bond motifs is 1. The molecular formula is C20H19F3N2O5. The molecule has 0 saturated carbocycles. The van der Waals surface area contributed by atoms with E-state index in [9.17, 15) is 27.9 Å². The molecule has 0 spiro atoms. The Morgan fingerprint density at radius 3 is 2.33 bits per heavy atom. The van der Waals surface area contributed by atoms with Crippen molar-refractivity contribution in [2.45, 2.75) is 25.6 Å². The van der Waals surface area contributed by atoms with Gasteiger partial charge in [0.05, 0.1) is 11.3 Å². The number of carboxylic acid groups (broad SMARTS) is 1. The van der Waals surface area contributed by atoms with E-state index in [1.165, 1.54) is 13.0 Å². The van der Waals surface area contributed by atoms with Crippen LogP contribution >= 0.6 is 0 Å². The molecule has 10 heteroatoms. The van der Waals surface area contributed by atoms with Crippen LogP contribution in [0.5, 0.6) is 5.75 Å². The van der Waals surface area contributed by atoms with Crippen molar-refractivity contribution in [2.75, 3.05) is 11.9 Å². The van der Waals surface area contributed by atoms with Crippen molar-refractivity contribution in [3.05, 3.63) is 59.2 Å². The second kappa shape index (κ2) is 9.40. The lowest BCUT2D eigenvalue weighted by Gasteiger charge is -2.26. The molecule has 7 nitrogen and oxygen atoms in total. The van der Waals surface area contributed by atoms with Crippen LogP contribution in [0.4, 0.5) is 18.9 Å². The average Bonchev–Trinajstić information content (AvgIpc) is 2.68. The summed E-state index contributed by atoms with van der Waals surface area (Å²) in [5, 5.41) is 23.2. The lowest BCUT2D eigenvalue weighted by atomic mass is 9.94. The van der Waals surface area contributed by atoms with E-state index in [4.69, 9.17) is 9.90 Å². The predicted octanol–water partition coefficient (Wildman–Crippen LogP) is 3.05. The van der Waals surface area contributed by atoms with Crippen LogP contribution in [0.15, 0.2) is 42.5 Å². The van der Waals surface area contributed by atoms with Crippen LogP contribution < -0.4 is 10.6 Å². The number of carboxylic acids is 1. The van der Waals surface area contributed by atoms with Crippen LogP contribution in [-0.2, 0) is 16.0 Å². The van der Waals surface area contributed by atoms with E-state index in [1.54, 1.807) is 12.1 Å². The molecule has 1 atom stereocenters. The van der Waals surface area contributed by atoms with Gasteiger partial charge in [0.1, 0.15) is 11.8 Å². The second-order valence-corrected chi connectivity index (χ2v) is 6.39. The Bertz CT molecular complexity index is 960. The Hall–Kier alpha value is -3.40. The van der Waals surface area contributed by atoms with E-state index in [2.05, 4.69) is 10.6 Å². The Labute approximate surface area is 169 Å². The number of halogens is 3. The quantitative estimate of drug-likeness (QED) is 0.445. The van der Waals surface area contributed by atoms with Gasteiger partial charge in [0.15, 0.2) is 5.78 Å². The zero-order valence-electron chi connectivity index (χ0n) is 15.8. The number of para-hydroxylation sites is 1. The molecule has 0 unspecified atom stereocenters. The number of aliphatic carboxylic acids is 1. The normalized spacial score (nSPS) is 15.3. The topological polar surface area (TPSA) is 116 Å². The van der Waals surface area contributed by atoms with Gasteiger partial charge in [-0.3, -0.25) is 9.59 Å². The standard InChI is InChI=1S/C18H18N2O3.C2HF3O2/c1-11(21)13-7-4-8-15(17(13)22)20-18(23)16-14-6-3-2-5-12(14)9-10-19-16;3-2(4,5)1(6)7/h2-8,16,19,22H,9-10H2,1H3,(H,20,23);(H,6,7)/t16-;/m1./s1. The summed E-state index contributed by atoms with van der Waals surface area (Å²) in [4.78, 5) is 33.0. The van der Waals surface area contributed by atoms with E-state index in [-0.39, 0.29) is 28.7 Å². The molecule has 2 aromatic rings. The lowest BCUT2D eigenvalue weighted by Crippen LogP contribution is -2.38. The molecule has 0 bridgehead atoms. The van der Waals surface area contributed by atoms with Gasteiger partial charge >= 0.3 is 12.1 Å². The number of ketones is 1. The summed E-state index contributed by atoms with van der Waals surface area (Å²) in [6.45, 7) is 2.09. The molecule has 0 saturated heterocycles. The highest BCUT2D eigenvalue weighted by Crippen LogP contribution is 2.30. The number of hydrogen-bond acceptors (Lipinski definition) is 5. The number of anilines is 1. The third-order valence-electron chi connectivity index (χ3n) is 4.29. The van der Waals surface area contributed by atoms with Crippen LogP contribution in [0, 0.1) is 0 Å². The van der Waals surface area contributed by atoms with Crippen molar-refractivity contribution in [3.8, 4) is 5.75 Å². The Morgan fingerprint density at radius 1 is 1.10 bits per heavy atom. The molecule has 1 amide bonds. The van der Waals surface area contributed by atoms with Crippen molar-refractivity contribution >= 4 is 23.3 Å². The SMILES string of the molecule is CC(=O)c1cccc(NC(=O)[C@@H]2NCCc3ccccc32)c1O.O=C(O)C(F)(F)F. The highest BCUT2D eigenvalue weighted by Gasteiger charge is 2.38. The molecule has 0 radical (unpaired) electrons. The molecule has 160 valence electrons. The van der Waals surface area contributed by atoms with Gasteiger partial charge in [-0.15, -0.1) is 0 Å². The van der Waals surface area contributed by atoms with E-state index in [0.29, 0.717) is 6.54 Å². The van der Waals surface area contributed by atoms with Gasteiger partial charge < -0.3 is 20.8 Å². The van der Waals surface area contributed by atoms with Gasteiger partial charge in [-0.1, -0.05) is 30.3 Å². The number of benzene rings is 2. The summed E-state index contributed by atoms with van der Waals surface area (Å²) in [5.41, 5.74) is 2.53. The van der Waals surface area contributed by atoms with Gasteiger partial charge in [0, 0.05) is 6.54 Å². The predicted molar refractivity (Wildman–Crippen MR) is 101 cm³/mol. The maximum Gasteiger partial charge on any atom is 0.490 e. The monoisotopic (exact) mass is 424 g/mol. The molecule has 0 aromatic heterocycles. The van der Waals surface area contributed by atoms with Crippen LogP contribution in [0.3, 0.4) is 0 Å². The maximum absolute atomic E-state index is 12.6. The van der Waals surface area contributed by atoms with Crippen molar-refractivity contribution in [1.82, 2.24) is 5.32 Å². The third-order valence-corrected chi connectivity index (χ3v) is 4.29. The number of aromatic hydroxyl groups is 1. The molecule has 3 rings (SSSR count). The van der Waals surface area contributed by atoms with Crippen molar-refractivity contribution in [1.29, 1.82) is 0 Å². The summed E-state index contributed by atoms with van der Waals surface area (Å²) in [5.74, 6) is -3.46. The summed E-state index contributed by atoms with van der Waals surface area (Å²) in [7, 11) is 0.